The van der Waals surface area contributed by atoms with Crippen LogP contribution in [0, 0.1) is 5.92 Å². The number of halogens is 2. The highest BCUT2D eigenvalue weighted by molar-refractivity contribution is 5.85. The number of likely N-dealkylation sites (tertiary alicyclic amines) is 1. The van der Waals surface area contributed by atoms with Crippen LogP contribution in [-0.2, 0) is 11.2 Å². The molecule has 1 aromatic rings. The van der Waals surface area contributed by atoms with Gasteiger partial charge in [-0.2, -0.15) is 0 Å². The van der Waals surface area contributed by atoms with Gasteiger partial charge in [0.2, 0.25) is 5.91 Å². The molecule has 1 amide bonds. The smallest absolute Gasteiger partial charge is 0.228 e. The summed E-state index contributed by atoms with van der Waals surface area (Å²) in [5.74, 6) is 0.921. The lowest BCUT2D eigenvalue weighted by molar-refractivity contribution is -0.131. The number of hydrogen-bond donors (Lipinski definition) is 1. The SMILES string of the molecule is CNCCC1CCN(C(=O)Cc2ccon2)CC1.Cl.Cl. The van der Waals surface area contributed by atoms with Crippen molar-refractivity contribution in [3.05, 3.63) is 18.0 Å². The van der Waals surface area contributed by atoms with E-state index in [0.29, 0.717) is 6.42 Å². The molecular weight excluding hydrogens is 301 g/mol. The number of amides is 1. The highest BCUT2D eigenvalue weighted by atomic mass is 35.5. The molecule has 0 radical (unpaired) electrons. The number of rotatable bonds is 5. The van der Waals surface area contributed by atoms with E-state index in [1.165, 1.54) is 12.7 Å². The molecule has 0 spiro atoms. The summed E-state index contributed by atoms with van der Waals surface area (Å²) in [4.78, 5) is 14.0. The fourth-order valence-electron chi connectivity index (χ4n) is 2.41. The second-order valence-electron chi connectivity index (χ2n) is 4.88. The fourth-order valence-corrected chi connectivity index (χ4v) is 2.41. The molecule has 116 valence electrons. The van der Waals surface area contributed by atoms with Crippen molar-refractivity contribution in [3.8, 4) is 0 Å². The molecule has 0 aromatic carbocycles. The van der Waals surface area contributed by atoms with Crippen molar-refractivity contribution in [2.24, 2.45) is 5.92 Å². The Morgan fingerprint density at radius 1 is 1.45 bits per heavy atom. The van der Waals surface area contributed by atoms with Crippen LogP contribution in [0.5, 0.6) is 0 Å². The summed E-state index contributed by atoms with van der Waals surface area (Å²) in [6.45, 7) is 2.83. The Morgan fingerprint density at radius 3 is 2.70 bits per heavy atom. The van der Waals surface area contributed by atoms with E-state index in [1.54, 1.807) is 6.07 Å². The number of carbonyl (C=O) groups is 1. The van der Waals surface area contributed by atoms with Crippen LogP contribution in [0.15, 0.2) is 16.9 Å². The molecule has 0 bridgehead atoms. The van der Waals surface area contributed by atoms with Gasteiger partial charge in [-0.25, -0.2) is 0 Å². The van der Waals surface area contributed by atoms with Crippen molar-refractivity contribution in [1.82, 2.24) is 15.4 Å². The van der Waals surface area contributed by atoms with Gasteiger partial charge < -0.3 is 14.7 Å². The zero-order chi connectivity index (χ0) is 12.8. The summed E-state index contributed by atoms with van der Waals surface area (Å²) in [7, 11) is 1.98. The Morgan fingerprint density at radius 2 is 2.15 bits per heavy atom. The summed E-state index contributed by atoms with van der Waals surface area (Å²) in [6.07, 6.45) is 5.31. The van der Waals surface area contributed by atoms with Crippen LogP contribution >= 0.6 is 24.8 Å². The highest BCUT2D eigenvalue weighted by Crippen LogP contribution is 2.20. The van der Waals surface area contributed by atoms with Crippen LogP contribution in [0.4, 0.5) is 0 Å². The zero-order valence-corrected chi connectivity index (χ0v) is 13.3. The van der Waals surface area contributed by atoms with Gasteiger partial charge in [0.25, 0.3) is 0 Å². The van der Waals surface area contributed by atoms with Crippen molar-refractivity contribution in [2.45, 2.75) is 25.7 Å². The summed E-state index contributed by atoms with van der Waals surface area (Å²) in [5.41, 5.74) is 0.720. The Labute approximate surface area is 132 Å². The minimum absolute atomic E-state index is 0. The maximum atomic E-state index is 12.0. The molecule has 0 aliphatic carbocycles. The third-order valence-corrected chi connectivity index (χ3v) is 3.59. The number of aromatic nitrogens is 1. The predicted octanol–water partition coefficient (Wildman–Crippen LogP) is 1.91. The van der Waals surface area contributed by atoms with E-state index in [-0.39, 0.29) is 30.7 Å². The van der Waals surface area contributed by atoms with Crippen molar-refractivity contribution in [2.75, 3.05) is 26.7 Å². The molecule has 2 heterocycles. The van der Waals surface area contributed by atoms with Crippen LogP contribution in [0.3, 0.4) is 0 Å². The summed E-state index contributed by atoms with van der Waals surface area (Å²) < 4.78 is 4.74. The van der Waals surface area contributed by atoms with Crippen LogP contribution in [0.2, 0.25) is 0 Å². The van der Waals surface area contributed by atoms with E-state index in [2.05, 4.69) is 10.5 Å². The number of piperidine rings is 1. The van der Waals surface area contributed by atoms with E-state index in [9.17, 15) is 4.79 Å². The molecule has 2 rings (SSSR count). The molecule has 0 unspecified atom stereocenters. The zero-order valence-electron chi connectivity index (χ0n) is 11.7. The van der Waals surface area contributed by atoms with Gasteiger partial charge in [-0.05, 0) is 38.8 Å². The average Bonchev–Trinajstić information content (AvgIpc) is 2.89. The first-order valence-electron chi connectivity index (χ1n) is 6.61. The molecule has 1 N–H and O–H groups in total. The summed E-state index contributed by atoms with van der Waals surface area (Å²) in [6, 6.07) is 1.75. The number of carbonyl (C=O) groups excluding carboxylic acids is 1. The predicted molar refractivity (Wildman–Crippen MR) is 82.6 cm³/mol. The number of hydrogen-bond acceptors (Lipinski definition) is 4. The van der Waals surface area contributed by atoms with Crippen molar-refractivity contribution in [1.29, 1.82) is 0 Å². The van der Waals surface area contributed by atoms with Gasteiger partial charge in [-0.1, -0.05) is 5.16 Å². The molecule has 0 saturated carbocycles. The van der Waals surface area contributed by atoms with E-state index < -0.39 is 0 Å². The topological polar surface area (TPSA) is 58.4 Å². The Balaban J connectivity index is 0.00000180. The molecular formula is C13H23Cl2N3O2. The van der Waals surface area contributed by atoms with Crippen LogP contribution in [0.25, 0.3) is 0 Å². The lowest BCUT2D eigenvalue weighted by Gasteiger charge is -2.32. The van der Waals surface area contributed by atoms with Gasteiger partial charge in [-0.15, -0.1) is 24.8 Å². The quantitative estimate of drug-likeness (QED) is 0.899. The van der Waals surface area contributed by atoms with Gasteiger partial charge in [0.15, 0.2) is 0 Å². The minimum Gasteiger partial charge on any atom is -0.364 e. The second-order valence-corrected chi connectivity index (χ2v) is 4.88. The normalized spacial score (nSPS) is 15.3. The van der Waals surface area contributed by atoms with Gasteiger partial charge in [0.05, 0.1) is 12.1 Å². The van der Waals surface area contributed by atoms with Gasteiger partial charge in [-0.3, -0.25) is 4.79 Å². The first-order valence-corrected chi connectivity index (χ1v) is 6.61. The molecule has 1 fully saturated rings. The largest absolute Gasteiger partial charge is 0.364 e. The average molecular weight is 324 g/mol. The Kier molecular flexibility index (Phi) is 9.63. The van der Waals surface area contributed by atoms with Crippen LogP contribution in [0.1, 0.15) is 25.0 Å². The van der Waals surface area contributed by atoms with E-state index in [1.807, 2.05) is 11.9 Å². The van der Waals surface area contributed by atoms with Gasteiger partial charge in [0, 0.05) is 19.2 Å². The third-order valence-electron chi connectivity index (χ3n) is 3.59. The van der Waals surface area contributed by atoms with Crippen molar-refractivity contribution in [3.63, 3.8) is 0 Å². The first kappa shape index (κ1) is 19.2. The Hall–Kier alpha value is -0.780. The lowest BCUT2D eigenvalue weighted by Crippen LogP contribution is -2.39. The first-order chi connectivity index (χ1) is 8.79. The van der Waals surface area contributed by atoms with E-state index >= 15 is 0 Å². The standard InChI is InChI=1S/C13H21N3O2.2ClH/c1-14-6-2-11-3-7-16(8-4-11)13(17)10-12-5-9-18-15-12;;/h5,9,11,14H,2-4,6-8,10H2,1H3;2*1H. The maximum Gasteiger partial charge on any atom is 0.228 e. The fraction of sp³-hybridized carbons (Fsp3) is 0.692. The molecule has 1 aliphatic rings. The maximum absolute atomic E-state index is 12.0. The lowest BCUT2D eigenvalue weighted by atomic mass is 9.93. The van der Waals surface area contributed by atoms with Gasteiger partial charge >= 0.3 is 0 Å². The molecule has 1 saturated heterocycles. The monoisotopic (exact) mass is 323 g/mol. The highest BCUT2D eigenvalue weighted by Gasteiger charge is 2.22. The molecule has 0 atom stereocenters. The number of nitrogens with zero attached hydrogens (tertiary/aromatic N) is 2. The van der Waals surface area contributed by atoms with E-state index in [0.717, 1.165) is 44.1 Å². The molecule has 20 heavy (non-hydrogen) atoms. The van der Waals surface area contributed by atoms with Gasteiger partial charge in [0.1, 0.15) is 6.26 Å². The number of nitrogens with one attached hydrogen (secondary N) is 1. The molecule has 7 heteroatoms. The van der Waals surface area contributed by atoms with Crippen molar-refractivity contribution < 1.29 is 9.32 Å². The molecule has 1 aliphatic heterocycles. The summed E-state index contributed by atoms with van der Waals surface area (Å²) in [5, 5.41) is 6.96. The Bertz CT molecular complexity index is 366. The summed E-state index contributed by atoms with van der Waals surface area (Å²) >= 11 is 0. The van der Waals surface area contributed by atoms with Crippen LogP contribution < -0.4 is 5.32 Å². The third kappa shape index (κ3) is 5.69. The minimum atomic E-state index is 0. The van der Waals surface area contributed by atoms with Crippen molar-refractivity contribution >= 4 is 30.7 Å². The second kappa shape index (κ2) is 10.0. The van der Waals surface area contributed by atoms with Crippen LogP contribution in [-0.4, -0.2) is 42.6 Å². The van der Waals surface area contributed by atoms with E-state index in [4.69, 9.17) is 4.52 Å². The molecule has 1 aromatic heterocycles. The molecule has 5 nitrogen and oxygen atoms in total.